The zero-order valence-electron chi connectivity index (χ0n) is 15.3. The van der Waals surface area contributed by atoms with Gasteiger partial charge in [-0.1, -0.05) is 12.1 Å². The smallest absolute Gasteiger partial charge is 0.255 e. The Kier molecular flexibility index (Phi) is 10.0. The molecule has 2 unspecified atom stereocenters. The normalized spacial score (nSPS) is 19.1. The van der Waals surface area contributed by atoms with Crippen LogP contribution in [0.5, 0.6) is 0 Å². The maximum Gasteiger partial charge on any atom is 0.255 e. The number of likely N-dealkylation sites (tertiary alicyclic amines) is 1. The monoisotopic (exact) mass is 401 g/mol. The van der Waals surface area contributed by atoms with Gasteiger partial charge in [0.1, 0.15) is 0 Å². The van der Waals surface area contributed by atoms with Crippen molar-refractivity contribution in [3.63, 3.8) is 0 Å². The molecule has 1 aliphatic heterocycles. The number of amides is 2. The molecule has 0 spiro atoms. The quantitative estimate of drug-likeness (QED) is 0.512. The fourth-order valence-corrected chi connectivity index (χ4v) is 3.88. The van der Waals surface area contributed by atoms with E-state index in [4.69, 9.17) is 10.5 Å². The van der Waals surface area contributed by atoms with Crippen molar-refractivity contribution in [3.05, 3.63) is 29.8 Å². The second-order valence-corrected chi connectivity index (χ2v) is 7.29. The van der Waals surface area contributed by atoms with Crippen LogP contribution in [0, 0.1) is 5.92 Å². The number of carbonyl (C=O) groups excluding carboxylic acids is 2. The van der Waals surface area contributed by atoms with Crippen LogP contribution in [-0.4, -0.2) is 61.9 Å². The summed E-state index contributed by atoms with van der Waals surface area (Å²) < 4.78 is 4.91. The third-order valence-electron chi connectivity index (χ3n) is 4.36. The molecule has 6 nitrogen and oxygen atoms in total. The Morgan fingerprint density at radius 1 is 1.38 bits per heavy atom. The topological polar surface area (TPSA) is 84.7 Å². The summed E-state index contributed by atoms with van der Waals surface area (Å²) in [6.07, 6.45) is 0.944. The van der Waals surface area contributed by atoms with Gasteiger partial charge in [-0.25, -0.2) is 0 Å². The Hall–Kier alpha value is -1.28. The average Bonchev–Trinajstić information content (AvgIpc) is 3.01. The Morgan fingerprint density at radius 2 is 2.12 bits per heavy atom. The third kappa shape index (κ3) is 6.16. The molecule has 8 heteroatoms. The molecule has 26 heavy (non-hydrogen) atoms. The van der Waals surface area contributed by atoms with Gasteiger partial charge in [0.15, 0.2) is 0 Å². The first-order valence-corrected chi connectivity index (χ1v) is 9.53. The molecule has 2 atom stereocenters. The maximum atomic E-state index is 12.9. The van der Waals surface area contributed by atoms with E-state index in [2.05, 4.69) is 12.2 Å². The molecule has 1 heterocycles. The molecule has 1 aromatic carbocycles. The third-order valence-corrected chi connectivity index (χ3v) is 5.43. The number of hydrogen-bond donors (Lipinski definition) is 2. The number of ether oxygens (including phenoxy) is 1. The zero-order chi connectivity index (χ0) is 18.2. The first-order chi connectivity index (χ1) is 12.1. The minimum Gasteiger partial charge on any atom is -0.383 e. The summed E-state index contributed by atoms with van der Waals surface area (Å²) in [4.78, 5) is 27.5. The molecule has 0 bridgehead atoms. The maximum absolute atomic E-state index is 12.9. The van der Waals surface area contributed by atoms with Gasteiger partial charge in [0, 0.05) is 31.1 Å². The molecular weight excluding hydrogens is 374 g/mol. The lowest BCUT2D eigenvalue weighted by Crippen LogP contribution is -2.34. The van der Waals surface area contributed by atoms with Crippen LogP contribution >= 0.6 is 24.2 Å². The summed E-state index contributed by atoms with van der Waals surface area (Å²) in [6, 6.07) is 7.66. The number of nitrogens with two attached hydrogens (primary N) is 1. The number of halogens is 1. The lowest BCUT2D eigenvalue weighted by atomic mass is 10.1. The van der Waals surface area contributed by atoms with Crippen molar-refractivity contribution in [1.29, 1.82) is 0 Å². The van der Waals surface area contributed by atoms with Crippen molar-refractivity contribution in [1.82, 2.24) is 10.2 Å². The predicted octanol–water partition coefficient (Wildman–Crippen LogP) is 1.77. The van der Waals surface area contributed by atoms with E-state index < -0.39 is 0 Å². The van der Waals surface area contributed by atoms with Crippen LogP contribution < -0.4 is 11.1 Å². The molecule has 0 radical (unpaired) electrons. The summed E-state index contributed by atoms with van der Waals surface area (Å²) in [5, 5.41) is 2.78. The largest absolute Gasteiger partial charge is 0.383 e. The van der Waals surface area contributed by atoms with Crippen LogP contribution in [0.4, 0.5) is 0 Å². The second kappa shape index (κ2) is 11.4. The number of thioether (sulfide) groups is 1. The lowest BCUT2D eigenvalue weighted by molar-refractivity contribution is -0.118. The van der Waals surface area contributed by atoms with E-state index in [1.165, 1.54) is 11.8 Å². The fraction of sp³-hybridized carbons (Fsp3) is 0.556. The van der Waals surface area contributed by atoms with Crippen molar-refractivity contribution in [2.45, 2.75) is 24.3 Å². The molecule has 0 saturated carbocycles. The van der Waals surface area contributed by atoms with Crippen LogP contribution in [0.15, 0.2) is 29.2 Å². The SMILES string of the molecule is COCCNC(=O)CSc1ccccc1C(=O)N1CC(CN)CC1C.Cl. The predicted molar refractivity (Wildman–Crippen MR) is 107 cm³/mol. The Morgan fingerprint density at radius 3 is 2.77 bits per heavy atom. The van der Waals surface area contributed by atoms with Gasteiger partial charge in [-0.3, -0.25) is 9.59 Å². The number of nitrogens with zero attached hydrogens (tertiary/aromatic N) is 1. The van der Waals surface area contributed by atoms with Gasteiger partial charge in [0.2, 0.25) is 5.91 Å². The highest BCUT2D eigenvalue weighted by Gasteiger charge is 2.32. The van der Waals surface area contributed by atoms with Crippen LogP contribution in [0.25, 0.3) is 0 Å². The highest BCUT2D eigenvalue weighted by molar-refractivity contribution is 8.00. The molecular formula is C18H28ClN3O3S. The minimum atomic E-state index is -0.0676. The van der Waals surface area contributed by atoms with Gasteiger partial charge >= 0.3 is 0 Å². The van der Waals surface area contributed by atoms with Crippen molar-refractivity contribution < 1.29 is 14.3 Å². The van der Waals surface area contributed by atoms with E-state index in [1.54, 1.807) is 7.11 Å². The summed E-state index contributed by atoms with van der Waals surface area (Å²) in [6.45, 7) is 4.34. The Balaban J connectivity index is 0.00000338. The fourth-order valence-electron chi connectivity index (χ4n) is 3.01. The number of benzene rings is 1. The second-order valence-electron chi connectivity index (χ2n) is 6.27. The zero-order valence-corrected chi connectivity index (χ0v) is 16.9. The molecule has 2 rings (SSSR count). The van der Waals surface area contributed by atoms with Crippen molar-refractivity contribution in [3.8, 4) is 0 Å². The summed E-state index contributed by atoms with van der Waals surface area (Å²) >= 11 is 1.38. The van der Waals surface area contributed by atoms with Crippen LogP contribution in [-0.2, 0) is 9.53 Å². The minimum absolute atomic E-state index is 0. The van der Waals surface area contributed by atoms with Crippen LogP contribution in [0.2, 0.25) is 0 Å². The number of carbonyl (C=O) groups is 2. The molecule has 2 amide bonds. The summed E-state index contributed by atoms with van der Waals surface area (Å²) in [5.74, 6) is 0.591. The van der Waals surface area contributed by atoms with Crippen molar-refractivity contribution in [2.24, 2.45) is 11.7 Å². The first kappa shape index (κ1) is 22.8. The molecule has 0 aromatic heterocycles. The van der Waals surface area contributed by atoms with Crippen LogP contribution in [0.3, 0.4) is 0 Å². The highest BCUT2D eigenvalue weighted by atomic mass is 35.5. The van der Waals surface area contributed by atoms with E-state index >= 15 is 0 Å². The number of rotatable bonds is 8. The van der Waals surface area contributed by atoms with Gasteiger partial charge < -0.3 is 20.7 Å². The van der Waals surface area contributed by atoms with E-state index in [0.717, 1.165) is 11.3 Å². The van der Waals surface area contributed by atoms with Crippen molar-refractivity contribution >= 4 is 36.0 Å². The van der Waals surface area contributed by atoms with E-state index in [0.29, 0.717) is 37.7 Å². The molecule has 1 aliphatic rings. The number of nitrogens with one attached hydrogen (secondary N) is 1. The van der Waals surface area contributed by atoms with E-state index in [-0.39, 0.29) is 36.0 Å². The standard InChI is InChI=1S/C18H27N3O3S.ClH/c1-13-9-14(10-19)11-21(13)18(23)15-5-3-4-6-16(15)25-12-17(22)20-7-8-24-2;/h3-6,13-14H,7-12,19H2,1-2H3,(H,20,22);1H. The van der Waals surface area contributed by atoms with Gasteiger partial charge in [0.25, 0.3) is 5.91 Å². The molecule has 1 aromatic rings. The van der Waals surface area contributed by atoms with E-state index in [9.17, 15) is 9.59 Å². The summed E-state index contributed by atoms with van der Waals surface area (Å²) in [7, 11) is 1.59. The van der Waals surface area contributed by atoms with Gasteiger partial charge in [0.05, 0.1) is 17.9 Å². The molecule has 1 saturated heterocycles. The molecule has 0 aliphatic carbocycles. The molecule has 3 N–H and O–H groups in total. The molecule has 146 valence electrons. The van der Waals surface area contributed by atoms with Gasteiger partial charge in [-0.2, -0.15) is 0 Å². The summed E-state index contributed by atoms with van der Waals surface area (Å²) in [5.41, 5.74) is 6.42. The van der Waals surface area contributed by atoms with E-state index in [1.807, 2.05) is 29.2 Å². The first-order valence-electron chi connectivity index (χ1n) is 8.55. The highest BCUT2D eigenvalue weighted by Crippen LogP contribution is 2.28. The van der Waals surface area contributed by atoms with Crippen LogP contribution in [0.1, 0.15) is 23.7 Å². The number of hydrogen-bond acceptors (Lipinski definition) is 5. The number of methoxy groups -OCH3 is 1. The van der Waals surface area contributed by atoms with Crippen molar-refractivity contribution in [2.75, 3.05) is 39.1 Å². The van der Waals surface area contributed by atoms with Gasteiger partial charge in [-0.15, -0.1) is 24.2 Å². The molecule has 1 fully saturated rings. The Bertz CT molecular complexity index is 603. The van der Waals surface area contributed by atoms with Gasteiger partial charge in [-0.05, 0) is 37.9 Å². The lowest BCUT2D eigenvalue weighted by Gasteiger charge is -2.22. The average molecular weight is 402 g/mol. The Labute approximate surface area is 165 Å².